The number of aliphatic hydroxyl groups is 1. The molecular weight excluding hydrogens is 226 g/mol. The Kier molecular flexibility index (Phi) is 6.68. The van der Waals surface area contributed by atoms with E-state index in [9.17, 15) is 0 Å². The van der Waals surface area contributed by atoms with E-state index in [1.807, 2.05) is 0 Å². The first kappa shape index (κ1) is 15.1. The molecule has 0 saturated carbocycles. The Hall–Kier alpha value is 0.560. The van der Waals surface area contributed by atoms with Crippen molar-refractivity contribution in [2.45, 2.75) is 30.7 Å². The quantitative estimate of drug-likeness (QED) is 0.478. The van der Waals surface area contributed by atoms with Crippen LogP contribution in [0, 0.1) is 0 Å². The second-order valence-corrected chi connectivity index (χ2v) is 4.91. The Labute approximate surface area is 82.1 Å². The minimum atomic E-state index is -2.87. The van der Waals surface area contributed by atoms with Crippen LogP contribution in [0.4, 0.5) is 0 Å². The molecule has 0 aromatic rings. The number of alkyl halides is 2. The van der Waals surface area contributed by atoms with E-state index < -0.39 is 18.2 Å². The second-order valence-electron chi connectivity index (χ2n) is 2.70. The third-order valence-corrected chi connectivity index (χ3v) is 2.00. The van der Waals surface area contributed by atoms with Crippen molar-refractivity contribution in [3.8, 4) is 0 Å². The van der Waals surface area contributed by atoms with Gasteiger partial charge < -0.3 is 5.11 Å². The Bertz CT molecular complexity index is 133. The Morgan fingerprint density at radius 2 is 1.25 bits per heavy atom. The molecule has 0 fully saturated rings. The zero-order valence-corrected chi connectivity index (χ0v) is 9.36. The van der Waals surface area contributed by atoms with Crippen LogP contribution >= 0.6 is 31.5 Å². The maximum Gasteiger partial charge on any atom is 0.692 e. The van der Waals surface area contributed by atoms with Crippen molar-refractivity contribution >= 4 is 31.5 Å². The molecule has 0 aliphatic carbocycles. The molecule has 0 aromatic carbocycles. The van der Waals surface area contributed by atoms with Gasteiger partial charge in [-0.1, -0.05) is 23.2 Å². The molecule has 4 nitrogen and oxygen atoms in total. The Morgan fingerprint density at radius 3 is 1.25 bits per heavy atom. The fourth-order valence-corrected chi connectivity index (χ4v) is 0. The molecule has 0 unspecified atom stereocenters. The summed E-state index contributed by atoms with van der Waals surface area (Å²) in [6, 6.07) is 0. The molecule has 0 bridgehead atoms. The van der Waals surface area contributed by atoms with Gasteiger partial charge in [-0.05, 0) is 20.8 Å². The fourth-order valence-electron chi connectivity index (χ4n) is 0. The summed E-state index contributed by atoms with van der Waals surface area (Å²) in [6.45, 7) is 4.68. The van der Waals surface area contributed by atoms with Crippen LogP contribution in [0.25, 0.3) is 0 Å². The molecule has 0 amide bonds. The lowest BCUT2D eigenvalue weighted by Crippen LogP contribution is -2.37. The van der Waals surface area contributed by atoms with Crippen molar-refractivity contribution < 1.29 is 19.5 Å². The van der Waals surface area contributed by atoms with E-state index in [0.717, 1.165) is 0 Å². The van der Waals surface area contributed by atoms with E-state index in [0.29, 0.717) is 0 Å². The zero-order valence-electron chi connectivity index (χ0n) is 6.95. The van der Waals surface area contributed by atoms with Crippen LogP contribution in [0.5, 0.6) is 0 Å². The molecule has 0 atom stereocenters. The van der Waals surface area contributed by atoms with Crippen molar-refractivity contribution in [3.63, 3.8) is 0 Å². The van der Waals surface area contributed by atoms with Gasteiger partial charge >= 0.3 is 8.25 Å². The van der Waals surface area contributed by atoms with Gasteiger partial charge in [0.15, 0.2) is 0 Å². The summed E-state index contributed by atoms with van der Waals surface area (Å²) in [6.07, 6.45) is 0. The van der Waals surface area contributed by atoms with Crippen LogP contribution < -0.4 is 0 Å². The van der Waals surface area contributed by atoms with Crippen molar-refractivity contribution in [1.82, 2.24) is 0 Å². The fraction of sp³-hybridized carbons (Fsp3) is 1.00. The lowest BCUT2D eigenvalue weighted by molar-refractivity contribution is 0.0674. The molecule has 0 saturated heterocycles. The van der Waals surface area contributed by atoms with Crippen molar-refractivity contribution in [2.75, 3.05) is 0 Å². The molecule has 0 aromatic heterocycles. The molecule has 0 radical (unpaired) electrons. The monoisotopic (exact) mass is 237 g/mol. The van der Waals surface area contributed by atoms with E-state index in [4.69, 9.17) is 42.7 Å². The van der Waals surface area contributed by atoms with E-state index >= 15 is 0 Å². The smallest absolute Gasteiger partial charge is 0.387 e. The van der Waals surface area contributed by atoms with Gasteiger partial charge in [0.05, 0.1) is 5.60 Å². The summed E-state index contributed by atoms with van der Waals surface area (Å²) >= 11 is 11.0. The first-order valence-corrected chi connectivity index (χ1v) is 4.86. The first-order valence-electron chi connectivity index (χ1n) is 2.93. The van der Waals surface area contributed by atoms with Crippen LogP contribution in [0.15, 0.2) is 0 Å². The van der Waals surface area contributed by atoms with E-state index in [1.165, 1.54) is 0 Å². The van der Waals surface area contributed by atoms with Gasteiger partial charge in [0, 0.05) is 4.57 Å². The van der Waals surface area contributed by atoms with Gasteiger partial charge in [0.25, 0.3) is 0 Å². The van der Waals surface area contributed by atoms with Crippen LogP contribution in [-0.4, -0.2) is 24.8 Å². The third kappa shape index (κ3) is 10.6. The second kappa shape index (κ2) is 5.32. The molecule has 74 valence electrons. The highest BCUT2D eigenvalue weighted by molar-refractivity contribution is 7.30. The summed E-state index contributed by atoms with van der Waals surface area (Å²) in [7, 11) is -2.87. The van der Waals surface area contributed by atoms with E-state index in [-0.39, 0.29) is 0 Å². The SMILES string of the molecule is CC(C)(O)C(C)(Cl)Cl.O=[P+](O)O. The molecule has 3 N–H and O–H groups in total. The van der Waals surface area contributed by atoms with E-state index in [2.05, 4.69) is 0 Å². The number of hydrogen-bond donors (Lipinski definition) is 3. The maximum absolute atomic E-state index is 9.09. The maximum atomic E-state index is 9.09. The zero-order chi connectivity index (χ0) is 10.6. The Morgan fingerprint density at radius 1 is 1.17 bits per heavy atom. The van der Waals surface area contributed by atoms with Crippen molar-refractivity contribution in [2.24, 2.45) is 0 Å². The molecule has 0 heterocycles. The highest BCUT2D eigenvalue weighted by Crippen LogP contribution is 2.32. The predicted octanol–water partition coefficient (Wildman–Crippen LogP) is 1.58. The summed E-state index contributed by atoms with van der Waals surface area (Å²) in [5.74, 6) is 0. The minimum Gasteiger partial charge on any atom is -0.387 e. The molecular formula is C5H12Cl2O4P+. The van der Waals surface area contributed by atoms with Gasteiger partial charge in [-0.2, -0.15) is 0 Å². The normalized spacial score (nSPS) is 11.7. The molecule has 0 spiro atoms. The lowest BCUT2D eigenvalue weighted by Gasteiger charge is -2.28. The lowest BCUT2D eigenvalue weighted by atomic mass is 10.1. The standard InChI is InChI=1S/C5H10Cl2O.HO3P/c1-4(2,8)5(3,6)7;1-4(2)3/h8H,1-3H3;(H-,1,2,3)/p+1. The molecule has 0 aliphatic heterocycles. The largest absolute Gasteiger partial charge is 0.692 e. The molecule has 0 rings (SSSR count). The highest BCUT2D eigenvalue weighted by Gasteiger charge is 2.35. The number of halogens is 2. The summed E-state index contributed by atoms with van der Waals surface area (Å²) in [4.78, 5) is 14.2. The predicted molar refractivity (Wildman–Crippen MR) is 48.5 cm³/mol. The summed E-state index contributed by atoms with van der Waals surface area (Å²) in [5, 5.41) is 9.09. The molecule has 7 heteroatoms. The average molecular weight is 238 g/mol. The molecule has 0 aliphatic rings. The number of hydrogen-bond acceptors (Lipinski definition) is 2. The topological polar surface area (TPSA) is 77.8 Å². The van der Waals surface area contributed by atoms with Gasteiger partial charge in [-0.3, -0.25) is 0 Å². The van der Waals surface area contributed by atoms with Gasteiger partial charge in [-0.25, -0.2) is 0 Å². The summed E-state index contributed by atoms with van der Waals surface area (Å²) < 4.78 is 7.64. The Balaban J connectivity index is 0. The van der Waals surface area contributed by atoms with E-state index in [1.54, 1.807) is 20.8 Å². The minimum absolute atomic E-state index is 1.03. The van der Waals surface area contributed by atoms with Crippen molar-refractivity contribution in [3.05, 3.63) is 0 Å². The third-order valence-electron chi connectivity index (χ3n) is 1.07. The highest BCUT2D eigenvalue weighted by atomic mass is 35.5. The van der Waals surface area contributed by atoms with Crippen LogP contribution in [0.3, 0.4) is 0 Å². The van der Waals surface area contributed by atoms with Crippen LogP contribution in [0.2, 0.25) is 0 Å². The van der Waals surface area contributed by atoms with Gasteiger partial charge in [0.1, 0.15) is 4.33 Å². The number of rotatable bonds is 1. The average Bonchev–Trinajstić information content (AvgIpc) is 1.55. The summed E-state index contributed by atoms with van der Waals surface area (Å²) in [5.41, 5.74) is -1.03. The first-order chi connectivity index (χ1) is 4.98. The van der Waals surface area contributed by atoms with Gasteiger partial charge in [0.2, 0.25) is 0 Å². The molecule has 12 heavy (non-hydrogen) atoms. The van der Waals surface area contributed by atoms with Crippen LogP contribution in [0.1, 0.15) is 20.8 Å². The van der Waals surface area contributed by atoms with Crippen LogP contribution in [-0.2, 0) is 4.57 Å². The van der Waals surface area contributed by atoms with Gasteiger partial charge in [-0.15, -0.1) is 9.79 Å². The van der Waals surface area contributed by atoms with Crippen molar-refractivity contribution in [1.29, 1.82) is 0 Å².